The maximum atomic E-state index is 12.0. The van der Waals surface area contributed by atoms with Gasteiger partial charge in [0, 0.05) is 6.20 Å². The molecule has 0 spiro atoms. The molecule has 90 valence electrons. The molecule has 6 heteroatoms. The van der Waals surface area contributed by atoms with Gasteiger partial charge in [-0.1, -0.05) is 12.1 Å². The van der Waals surface area contributed by atoms with Crippen LogP contribution in [0.1, 0.15) is 0 Å². The number of hydrogen-bond donors (Lipinski definition) is 2. The second kappa shape index (κ2) is 4.01. The number of hydrazine groups is 1. The van der Waals surface area contributed by atoms with Crippen molar-refractivity contribution in [3.8, 4) is 0 Å². The topological polar surface area (TPSA) is 68.7 Å². The Balaban J connectivity index is 2.06. The van der Waals surface area contributed by atoms with Crippen LogP contribution in [-0.2, 0) is 0 Å². The van der Waals surface area contributed by atoms with Crippen molar-refractivity contribution in [2.45, 2.75) is 0 Å². The van der Waals surface area contributed by atoms with Crippen LogP contribution >= 0.6 is 0 Å². The van der Waals surface area contributed by atoms with Gasteiger partial charge in [-0.05, 0) is 24.3 Å². The molecule has 2 N–H and O–H groups in total. The SMILES string of the molecule is O=C1Nc2ccccc2N(O)N1c1cccnc1. The number of nitrogens with zero attached hydrogens (tertiary/aromatic N) is 3. The zero-order valence-corrected chi connectivity index (χ0v) is 9.32. The molecule has 2 heterocycles. The molecule has 0 saturated heterocycles. The summed E-state index contributed by atoms with van der Waals surface area (Å²) < 4.78 is 0. The molecule has 0 fully saturated rings. The number of amides is 2. The highest BCUT2D eigenvalue weighted by Gasteiger charge is 2.30. The van der Waals surface area contributed by atoms with Crippen LogP contribution in [-0.4, -0.2) is 16.2 Å². The first-order chi connectivity index (χ1) is 8.77. The van der Waals surface area contributed by atoms with E-state index in [0.29, 0.717) is 17.1 Å². The second-order valence-corrected chi connectivity index (χ2v) is 3.76. The molecule has 0 bridgehead atoms. The summed E-state index contributed by atoms with van der Waals surface area (Å²) in [5.41, 5.74) is 1.54. The molecule has 0 saturated carbocycles. The van der Waals surface area contributed by atoms with Gasteiger partial charge >= 0.3 is 6.03 Å². The number of anilines is 3. The highest BCUT2D eigenvalue weighted by Crippen LogP contribution is 2.32. The lowest BCUT2D eigenvalue weighted by atomic mass is 10.2. The summed E-state index contributed by atoms with van der Waals surface area (Å²) >= 11 is 0. The Kier molecular flexibility index (Phi) is 2.35. The molecular weight excluding hydrogens is 232 g/mol. The zero-order valence-electron chi connectivity index (χ0n) is 9.32. The number of nitrogens with one attached hydrogen (secondary N) is 1. The number of carbonyl (C=O) groups is 1. The summed E-state index contributed by atoms with van der Waals surface area (Å²) in [5, 5.41) is 14.7. The van der Waals surface area contributed by atoms with Crippen LogP contribution in [0.25, 0.3) is 0 Å². The molecule has 1 aromatic heterocycles. The van der Waals surface area contributed by atoms with E-state index in [9.17, 15) is 10.0 Å². The number of aromatic nitrogens is 1. The van der Waals surface area contributed by atoms with Crippen LogP contribution in [0.15, 0.2) is 48.8 Å². The second-order valence-electron chi connectivity index (χ2n) is 3.76. The predicted molar refractivity (Wildman–Crippen MR) is 66.4 cm³/mol. The van der Waals surface area contributed by atoms with E-state index >= 15 is 0 Å². The van der Waals surface area contributed by atoms with Gasteiger partial charge in [0.1, 0.15) is 5.69 Å². The fraction of sp³-hybridized carbons (Fsp3) is 0. The van der Waals surface area contributed by atoms with Crippen LogP contribution in [0, 0.1) is 0 Å². The molecule has 6 nitrogen and oxygen atoms in total. The van der Waals surface area contributed by atoms with Gasteiger partial charge in [0.05, 0.1) is 17.6 Å². The minimum absolute atomic E-state index is 0.441. The molecule has 2 amide bonds. The Bertz CT molecular complexity index is 588. The summed E-state index contributed by atoms with van der Waals surface area (Å²) in [6, 6.07) is 9.92. The zero-order chi connectivity index (χ0) is 12.5. The van der Waals surface area contributed by atoms with Crippen molar-refractivity contribution in [3.63, 3.8) is 0 Å². The van der Waals surface area contributed by atoms with Crippen LogP contribution < -0.4 is 15.5 Å². The Morgan fingerprint density at radius 1 is 1.17 bits per heavy atom. The molecule has 1 aromatic carbocycles. The minimum atomic E-state index is -0.441. The van der Waals surface area contributed by atoms with Crippen molar-refractivity contribution in [1.29, 1.82) is 0 Å². The first kappa shape index (κ1) is 10.5. The summed E-state index contributed by atoms with van der Waals surface area (Å²) in [6.45, 7) is 0. The molecule has 18 heavy (non-hydrogen) atoms. The molecular formula is C12H10N4O2. The fourth-order valence-electron chi connectivity index (χ4n) is 1.82. The van der Waals surface area contributed by atoms with E-state index < -0.39 is 6.03 Å². The Morgan fingerprint density at radius 3 is 2.78 bits per heavy atom. The van der Waals surface area contributed by atoms with Crippen molar-refractivity contribution < 1.29 is 10.0 Å². The average Bonchev–Trinajstić information content (AvgIpc) is 2.40. The van der Waals surface area contributed by atoms with Gasteiger partial charge in [-0.2, -0.15) is 10.2 Å². The van der Waals surface area contributed by atoms with Crippen molar-refractivity contribution in [3.05, 3.63) is 48.8 Å². The first-order valence-corrected chi connectivity index (χ1v) is 5.36. The summed E-state index contributed by atoms with van der Waals surface area (Å²) in [5.74, 6) is 0. The van der Waals surface area contributed by atoms with Crippen LogP contribution in [0.2, 0.25) is 0 Å². The standard InChI is InChI=1S/C12H10N4O2/c17-12-14-10-5-1-2-6-11(10)16(18)15(12)9-4-3-7-13-8-9/h1-8,18H,(H,14,17). The number of para-hydroxylation sites is 2. The van der Waals surface area contributed by atoms with E-state index in [0.717, 1.165) is 10.2 Å². The Morgan fingerprint density at radius 2 is 2.00 bits per heavy atom. The number of rotatable bonds is 1. The number of hydrogen-bond acceptors (Lipinski definition) is 4. The van der Waals surface area contributed by atoms with E-state index in [1.54, 1.807) is 42.6 Å². The van der Waals surface area contributed by atoms with Crippen molar-refractivity contribution in [2.24, 2.45) is 0 Å². The number of pyridine rings is 1. The first-order valence-electron chi connectivity index (χ1n) is 5.36. The number of carbonyl (C=O) groups excluding carboxylic acids is 1. The lowest BCUT2D eigenvalue weighted by molar-refractivity contribution is 0.221. The summed E-state index contributed by atoms with van der Waals surface area (Å²) in [6.07, 6.45) is 3.09. The van der Waals surface area contributed by atoms with Crippen molar-refractivity contribution >= 4 is 23.1 Å². The van der Waals surface area contributed by atoms with Gasteiger partial charge in [-0.25, -0.2) is 4.79 Å². The third kappa shape index (κ3) is 1.56. The van der Waals surface area contributed by atoms with E-state index in [4.69, 9.17) is 0 Å². The Hall–Kier alpha value is -2.60. The van der Waals surface area contributed by atoms with Gasteiger partial charge in [-0.3, -0.25) is 10.2 Å². The molecule has 0 aliphatic carbocycles. The average molecular weight is 242 g/mol. The molecule has 1 aliphatic rings. The van der Waals surface area contributed by atoms with Gasteiger partial charge in [-0.15, -0.1) is 0 Å². The summed E-state index contributed by atoms with van der Waals surface area (Å²) in [4.78, 5) is 15.9. The molecule has 2 aromatic rings. The van der Waals surface area contributed by atoms with Gasteiger partial charge < -0.3 is 5.32 Å². The highest BCUT2D eigenvalue weighted by atomic mass is 16.6. The lowest BCUT2D eigenvalue weighted by Gasteiger charge is -2.35. The molecule has 1 aliphatic heterocycles. The van der Waals surface area contributed by atoms with Crippen molar-refractivity contribution in [2.75, 3.05) is 15.5 Å². The molecule has 0 radical (unpaired) electrons. The van der Waals surface area contributed by atoms with Gasteiger partial charge in [0.2, 0.25) is 0 Å². The van der Waals surface area contributed by atoms with Crippen LogP contribution in [0.5, 0.6) is 0 Å². The third-order valence-electron chi connectivity index (χ3n) is 2.63. The van der Waals surface area contributed by atoms with E-state index in [1.807, 2.05) is 0 Å². The molecule has 3 rings (SSSR count). The number of benzene rings is 1. The van der Waals surface area contributed by atoms with Crippen LogP contribution in [0.3, 0.4) is 0 Å². The molecule has 0 unspecified atom stereocenters. The number of fused-ring (bicyclic) bond motifs is 1. The highest BCUT2D eigenvalue weighted by molar-refractivity contribution is 6.08. The quantitative estimate of drug-likeness (QED) is 0.804. The van der Waals surface area contributed by atoms with Crippen molar-refractivity contribution in [1.82, 2.24) is 4.98 Å². The fourth-order valence-corrected chi connectivity index (χ4v) is 1.82. The number of urea groups is 1. The maximum Gasteiger partial charge on any atom is 0.347 e. The monoisotopic (exact) mass is 242 g/mol. The lowest BCUT2D eigenvalue weighted by Crippen LogP contribution is -2.51. The predicted octanol–water partition coefficient (Wildman–Crippen LogP) is 2.24. The van der Waals surface area contributed by atoms with Gasteiger partial charge in [0.25, 0.3) is 0 Å². The largest absolute Gasteiger partial charge is 0.347 e. The normalized spacial score (nSPS) is 14.2. The van der Waals surface area contributed by atoms with Crippen LogP contribution in [0.4, 0.5) is 21.9 Å². The van der Waals surface area contributed by atoms with Gasteiger partial charge in [0.15, 0.2) is 0 Å². The van der Waals surface area contributed by atoms with E-state index in [1.165, 1.54) is 6.20 Å². The Labute approximate surface area is 103 Å². The third-order valence-corrected chi connectivity index (χ3v) is 2.63. The smallest absolute Gasteiger partial charge is 0.304 e. The van der Waals surface area contributed by atoms with E-state index in [2.05, 4.69) is 10.3 Å². The summed E-state index contributed by atoms with van der Waals surface area (Å²) in [7, 11) is 0. The molecule has 0 atom stereocenters. The van der Waals surface area contributed by atoms with E-state index in [-0.39, 0.29) is 0 Å². The minimum Gasteiger partial charge on any atom is -0.304 e. The maximum absolute atomic E-state index is 12.0.